The zero-order chi connectivity index (χ0) is 13.1. The van der Waals surface area contributed by atoms with Crippen LogP contribution in [-0.2, 0) is 11.2 Å². The summed E-state index contributed by atoms with van der Waals surface area (Å²) < 4.78 is 0. The van der Waals surface area contributed by atoms with Gasteiger partial charge in [-0.2, -0.15) is 5.10 Å². The number of rotatable bonds is 4. The molecule has 0 aliphatic heterocycles. The third-order valence-corrected chi connectivity index (χ3v) is 3.71. The van der Waals surface area contributed by atoms with Gasteiger partial charge in [-0.25, -0.2) is 4.98 Å². The van der Waals surface area contributed by atoms with Gasteiger partial charge < -0.3 is 4.79 Å². The number of halogens is 1. The first-order chi connectivity index (χ1) is 8.61. The molecular weight excluding hydrogens is 260 g/mol. The number of carbonyl (C=O) groups is 1. The normalized spacial score (nSPS) is 27.9. The molecule has 1 heterocycles. The van der Waals surface area contributed by atoms with Crippen LogP contribution in [0.4, 0.5) is 0 Å². The van der Waals surface area contributed by atoms with Gasteiger partial charge in [0.2, 0.25) is 6.04 Å². The average molecular weight is 273 g/mol. The lowest BCUT2D eigenvalue weighted by molar-refractivity contribution is -0.525. The minimum absolute atomic E-state index is 0.0629. The zero-order valence-corrected chi connectivity index (χ0v) is 10.3. The molecule has 1 aliphatic rings. The van der Waals surface area contributed by atoms with Crippen molar-refractivity contribution in [1.82, 2.24) is 15.2 Å². The van der Waals surface area contributed by atoms with E-state index in [1.165, 1.54) is 0 Å². The van der Waals surface area contributed by atoms with Crippen molar-refractivity contribution < 1.29 is 9.72 Å². The molecule has 98 valence electrons. The highest BCUT2D eigenvalue weighted by Gasteiger charge is 2.39. The Balaban J connectivity index is 2.08. The van der Waals surface area contributed by atoms with Crippen LogP contribution in [-0.4, -0.2) is 37.8 Å². The molecule has 1 aromatic heterocycles. The lowest BCUT2D eigenvalue weighted by Gasteiger charge is -2.25. The van der Waals surface area contributed by atoms with E-state index in [1.807, 2.05) is 0 Å². The second kappa shape index (κ2) is 5.43. The summed E-state index contributed by atoms with van der Waals surface area (Å²) in [5, 5.41) is 17.1. The quantitative estimate of drug-likeness (QED) is 0.382. The summed E-state index contributed by atoms with van der Waals surface area (Å²) in [6.07, 6.45) is 2.57. The zero-order valence-electron chi connectivity index (χ0n) is 9.58. The highest BCUT2D eigenvalue weighted by molar-refractivity contribution is 6.21. The largest absolute Gasteiger partial charge is 0.303 e. The van der Waals surface area contributed by atoms with Crippen LogP contribution in [0.15, 0.2) is 0 Å². The SMILES string of the molecule is O=CCc1nc(C2CCC(Cl)C([N+](=O)[O-])C2)n[nH]1. The molecule has 1 aromatic rings. The molecule has 1 fully saturated rings. The molecule has 2 rings (SSSR count). The first-order valence-corrected chi connectivity index (χ1v) is 6.17. The van der Waals surface area contributed by atoms with E-state index in [4.69, 9.17) is 11.6 Å². The van der Waals surface area contributed by atoms with Crippen LogP contribution in [0, 0.1) is 10.1 Å². The lowest BCUT2D eigenvalue weighted by atomic mass is 9.85. The van der Waals surface area contributed by atoms with Crippen LogP contribution < -0.4 is 0 Å². The van der Waals surface area contributed by atoms with E-state index in [9.17, 15) is 14.9 Å². The number of nitro groups is 1. The maximum atomic E-state index is 10.9. The molecule has 1 N–H and O–H groups in total. The molecule has 0 saturated heterocycles. The van der Waals surface area contributed by atoms with Crippen molar-refractivity contribution in [3.63, 3.8) is 0 Å². The number of nitrogens with zero attached hydrogens (tertiary/aromatic N) is 3. The summed E-state index contributed by atoms with van der Waals surface area (Å²) in [6, 6.07) is -0.751. The van der Waals surface area contributed by atoms with Gasteiger partial charge in [0.05, 0.1) is 6.42 Å². The highest BCUT2D eigenvalue weighted by Crippen LogP contribution is 2.34. The van der Waals surface area contributed by atoms with Crippen molar-refractivity contribution in [3.05, 3.63) is 21.8 Å². The maximum Gasteiger partial charge on any atom is 0.229 e. The third-order valence-electron chi connectivity index (χ3n) is 3.20. The van der Waals surface area contributed by atoms with Gasteiger partial charge in [-0.15, -0.1) is 11.6 Å². The van der Waals surface area contributed by atoms with Crippen LogP contribution in [0.3, 0.4) is 0 Å². The fourth-order valence-corrected chi connectivity index (χ4v) is 2.55. The molecule has 3 unspecified atom stereocenters. The molecule has 18 heavy (non-hydrogen) atoms. The smallest absolute Gasteiger partial charge is 0.229 e. The number of hydrogen-bond acceptors (Lipinski definition) is 5. The average Bonchev–Trinajstić information content (AvgIpc) is 2.78. The summed E-state index contributed by atoms with van der Waals surface area (Å²) in [7, 11) is 0. The molecule has 0 radical (unpaired) electrons. The van der Waals surface area contributed by atoms with E-state index in [1.54, 1.807) is 0 Å². The molecule has 0 amide bonds. The van der Waals surface area contributed by atoms with Crippen molar-refractivity contribution in [3.8, 4) is 0 Å². The number of nitrogens with one attached hydrogen (secondary N) is 1. The van der Waals surface area contributed by atoms with Crippen molar-refractivity contribution in [2.24, 2.45) is 0 Å². The van der Waals surface area contributed by atoms with Crippen LogP contribution in [0.1, 0.15) is 36.8 Å². The van der Waals surface area contributed by atoms with Gasteiger partial charge in [0.15, 0.2) is 5.82 Å². The van der Waals surface area contributed by atoms with E-state index in [0.717, 1.165) is 12.7 Å². The van der Waals surface area contributed by atoms with E-state index < -0.39 is 11.4 Å². The second-order valence-electron chi connectivity index (χ2n) is 4.39. The van der Waals surface area contributed by atoms with Gasteiger partial charge in [-0.3, -0.25) is 15.2 Å². The second-order valence-corrected chi connectivity index (χ2v) is 4.95. The molecule has 0 spiro atoms. The Morgan fingerprint density at radius 2 is 2.33 bits per heavy atom. The van der Waals surface area contributed by atoms with Gasteiger partial charge in [0.25, 0.3) is 0 Å². The van der Waals surface area contributed by atoms with E-state index in [2.05, 4.69) is 15.2 Å². The minimum atomic E-state index is -0.751. The van der Waals surface area contributed by atoms with Crippen LogP contribution in [0.2, 0.25) is 0 Å². The molecule has 0 aromatic carbocycles. The van der Waals surface area contributed by atoms with E-state index >= 15 is 0 Å². The number of carbonyl (C=O) groups excluding carboxylic acids is 1. The van der Waals surface area contributed by atoms with Crippen LogP contribution >= 0.6 is 11.6 Å². The number of aromatic amines is 1. The van der Waals surface area contributed by atoms with E-state index in [0.29, 0.717) is 24.5 Å². The Kier molecular flexibility index (Phi) is 3.90. The summed E-state index contributed by atoms with van der Waals surface area (Å²) >= 11 is 5.95. The summed E-state index contributed by atoms with van der Waals surface area (Å²) in [6.45, 7) is 0. The van der Waals surface area contributed by atoms with Gasteiger partial charge >= 0.3 is 0 Å². The molecule has 8 heteroatoms. The summed E-state index contributed by atoms with van der Waals surface area (Å²) in [4.78, 5) is 25.1. The Morgan fingerprint density at radius 3 is 3.00 bits per heavy atom. The van der Waals surface area contributed by atoms with Crippen molar-refractivity contribution >= 4 is 17.9 Å². The number of hydrogen-bond donors (Lipinski definition) is 1. The molecule has 7 nitrogen and oxygen atoms in total. The van der Waals surface area contributed by atoms with Gasteiger partial charge in [0, 0.05) is 17.3 Å². The van der Waals surface area contributed by atoms with Crippen molar-refractivity contribution in [2.45, 2.75) is 43.0 Å². The number of aromatic nitrogens is 3. The molecule has 1 saturated carbocycles. The Bertz CT molecular complexity index is 450. The fourth-order valence-electron chi connectivity index (χ4n) is 2.23. The minimum Gasteiger partial charge on any atom is -0.303 e. The predicted molar refractivity (Wildman–Crippen MR) is 63.2 cm³/mol. The predicted octanol–water partition coefficient (Wildman–Crippen LogP) is 1.07. The lowest BCUT2D eigenvalue weighted by Crippen LogP contribution is -2.36. The first kappa shape index (κ1) is 12.9. The molecule has 3 atom stereocenters. The third kappa shape index (κ3) is 2.66. The topological polar surface area (TPSA) is 102 Å². The summed E-state index contributed by atoms with van der Waals surface area (Å²) in [5.41, 5.74) is 0. The first-order valence-electron chi connectivity index (χ1n) is 5.74. The van der Waals surface area contributed by atoms with E-state index in [-0.39, 0.29) is 17.3 Å². The van der Waals surface area contributed by atoms with Crippen molar-refractivity contribution in [2.75, 3.05) is 0 Å². The summed E-state index contributed by atoms with van der Waals surface area (Å²) in [5.74, 6) is 0.972. The monoisotopic (exact) mass is 272 g/mol. The Labute approximate surface area is 108 Å². The number of aldehydes is 1. The van der Waals surface area contributed by atoms with Gasteiger partial charge in [-0.05, 0) is 12.8 Å². The van der Waals surface area contributed by atoms with Crippen LogP contribution in [0.5, 0.6) is 0 Å². The molecule has 0 bridgehead atoms. The van der Waals surface area contributed by atoms with Gasteiger partial charge in [0.1, 0.15) is 17.5 Å². The van der Waals surface area contributed by atoms with Crippen molar-refractivity contribution in [1.29, 1.82) is 0 Å². The van der Waals surface area contributed by atoms with Gasteiger partial charge in [-0.1, -0.05) is 0 Å². The van der Waals surface area contributed by atoms with Crippen LogP contribution in [0.25, 0.3) is 0 Å². The number of H-pyrrole nitrogens is 1. The highest BCUT2D eigenvalue weighted by atomic mass is 35.5. The standard InChI is InChI=1S/C10H13ClN4O3/c11-7-2-1-6(5-8(7)15(17)18)10-12-9(3-4-16)13-14-10/h4,6-8H,1-3,5H2,(H,12,13,14). The molecular formula is C10H13ClN4O3. The maximum absolute atomic E-state index is 10.9. The Hall–Kier alpha value is -1.50. The number of alkyl halides is 1. The molecule has 1 aliphatic carbocycles. The fraction of sp³-hybridized carbons (Fsp3) is 0.700. The Morgan fingerprint density at radius 1 is 1.56 bits per heavy atom.